The van der Waals surface area contributed by atoms with Crippen molar-refractivity contribution in [1.82, 2.24) is 24.9 Å². The molecule has 0 radical (unpaired) electrons. The van der Waals surface area contributed by atoms with E-state index < -0.39 is 0 Å². The van der Waals surface area contributed by atoms with Crippen LogP contribution in [-0.4, -0.2) is 57.6 Å². The number of pyridine rings is 1. The van der Waals surface area contributed by atoms with E-state index in [0.717, 1.165) is 12.1 Å². The van der Waals surface area contributed by atoms with Crippen LogP contribution in [0.5, 0.6) is 5.88 Å². The van der Waals surface area contributed by atoms with Gasteiger partial charge in [0.1, 0.15) is 5.69 Å². The van der Waals surface area contributed by atoms with Crippen molar-refractivity contribution < 1.29 is 14.3 Å². The van der Waals surface area contributed by atoms with Crippen molar-refractivity contribution >= 4 is 5.91 Å². The van der Waals surface area contributed by atoms with Crippen molar-refractivity contribution in [2.24, 2.45) is 0 Å². The SMILES string of the molecule is CCOc1ccc(C(=O)N2CCC(n3cc(COC)nn3)C2)cn1. The Morgan fingerprint density at radius 3 is 3.00 bits per heavy atom. The Labute approximate surface area is 140 Å². The summed E-state index contributed by atoms with van der Waals surface area (Å²) in [6, 6.07) is 3.61. The fraction of sp³-hybridized carbons (Fsp3) is 0.500. The van der Waals surface area contributed by atoms with Gasteiger partial charge in [0.05, 0.1) is 31.0 Å². The lowest BCUT2D eigenvalue weighted by Gasteiger charge is -2.16. The second kappa shape index (κ2) is 7.39. The predicted octanol–water partition coefficient (Wildman–Crippen LogP) is 1.31. The maximum absolute atomic E-state index is 12.6. The molecular weight excluding hydrogens is 310 g/mol. The monoisotopic (exact) mass is 331 g/mol. The number of methoxy groups -OCH3 is 1. The number of hydrogen-bond donors (Lipinski definition) is 0. The first-order valence-electron chi connectivity index (χ1n) is 7.99. The van der Waals surface area contributed by atoms with Gasteiger partial charge in [-0.1, -0.05) is 5.21 Å². The highest BCUT2D eigenvalue weighted by Crippen LogP contribution is 2.23. The lowest BCUT2D eigenvalue weighted by Crippen LogP contribution is -2.29. The van der Waals surface area contributed by atoms with Crippen molar-refractivity contribution in [3.63, 3.8) is 0 Å². The number of ether oxygens (including phenoxy) is 2. The van der Waals surface area contributed by atoms with Gasteiger partial charge in [-0.3, -0.25) is 4.79 Å². The Morgan fingerprint density at radius 1 is 1.42 bits per heavy atom. The van der Waals surface area contributed by atoms with Crippen molar-refractivity contribution in [2.75, 3.05) is 26.8 Å². The van der Waals surface area contributed by atoms with Gasteiger partial charge in [-0.2, -0.15) is 0 Å². The van der Waals surface area contributed by atoms with Crippen LogP contribution in [0.3, 0.4) is 0 Å². The molecule has 128 valence electrons. The van der Waals surface area contributed by atoms with Crippen LogP contribution in [0.15, 0.2) is 24.5 Å². The normalized spacial score (nSPS) is 17.2. The van der Waals surface area contributed by atoms with Gasteiger partial charge in [0, 0.05) is 32.5 Å². The summed E-state index contributed by atoms with van der Waals surface area (Å²) in [4.78, 5) is 18.6. The van der Waals surface area contributed by atoms with Crippen LogP contribution < -0.4 is 4.74 Å². The summed E-state index contributed by atoms with van der Waals surface area (Å²) in [5.41, 5.74) is 1.36. The zero-order chi connectivity index (χ0) is 16.9. The van der Waals surface area contributed by atoms with Crippen LogP contribution in [0.2, 0.25) is 0 Å². The first-order chi connectivity index (χ1) is 11.7. The number of carbonyl (C=O) groups is 1. The molecule has 0 saturated carbocycles. The van der Waals surface area contributed by atoms with E-state index in [9.17, 15) is 4.79 Å². The van der Waals surface area contributed by atoms with E-state index in [2.05, 4.69) is 15.3 Å². The van der Waals surface area contributed by atoms with Gasteiger partial charge in [-0.15, -0.1) is 5.10 Å². The Balaban J connectivity index is 1.62. The lowest BCUT2D eigenvalue weighted by molar-refractivity contribution is 0.0786. The van der Waals surface area contributed by atoms with Crippen LogP contribution in [0.25, 0.3) is 0 Å². The van der Waals surface area contributed by atoms with Crippen molar-refractivity contribution in [3.05, 3.63) is 35.8 Å². The molecule has 1 aliphatic rings. The van der Waals surface area contributed by atoms with Crippen LogP contribution in [0.4, 0.5) is 0 Å². The van der Waals surface area contributed by atoms with Crippen molar-refractivity contribution in [2.45, 2.75) is 26.0 Å². The summed E-state index contributed by atoms with van der Waals surface area (Å²) in [6.07, 6.45) is 4.29. The molecule has 0 bridgehead atoms. The molecule has 0 N–H and O–H groups in total. The Kier molecular flexibility index (Phi) is 5.05. The van der Waals surface area contributed by atoms with Gasteiger partial charge in [0.15, 0.2) is 0 Å². The van der Waals surface area contributed by atoms with Crippen LogP contribution in [0.1, 0.15) is 35.4 Å². The number of carbonyl (C=O) groups excluding carboxylic acids is 1. The molecule has 3 heterocycles. The number of aromatic nitrogens is 4. The molecule has 2 aromatic heterocycles. The molecule has 1 unspecified atom stereocenters. The largest absolute Gasteiger partial charge is 0.478 e. The molecule has 8 nitrogen and oxygen atoms in total. The summed E-state index contributed by atoms with van der Waals surface area (Å²) in [5.74, 6) is 0.506. The minimum absolute atomic E-state index is 0.0229. The summed E-state index contributed by atoms with van der Waals surface area (Å²) in [7, 11) is 1.62. The molecule has 0 aromatic carbocycles. The Morgan fingerprint density at radius 2 is 2.29 bits per heavy atom. The summed E-state index contributed by atoms with van der Waals surface area (Å²) in [5, 5.41) is 8.20. The van der Waals surface area contributed by atoms with Gasteiger partial charge in [-0.05, 0) is 19.4 Å². The second-order valence-corrected chi connectivity index (χ2v) is 5.63. The maximum Gasteiger partial charge on any atom is 0.255 e. The van der Waals surface area contributed by atoms with Crippen LogP contribution in [0, 0.1) is 0 Å². The standard InChI is InChI=1S/C16H21N5O3/c1-3-24-15-5-4-12(8-17-15)16(22)20-7-6-14(10-20)21-9-13(11-23-2)18-19-21/h4-5,8-9,14H,3,6-7,10-11H2,1-2H3. The predicted molar refractivity (Wildman–Crippen MR) is 85.7 cm³/mol. The molecule has 24 heavy (non-hydrogen) atoms. The molecule has 1 atom stereocenters. The molecular formula is C16H21N5O3. The quantitative estimate of drug-likeness (QED) is 0.793. The van der Waals surface area contributed by atoms with E-state index in [1.54, 1.807) is 25.4 Å². The highest BCUT2D eigenvalue weighted by molar-refractivity contribution is 5.94. The number of likely N-dealkylation sites (tertiary alicyclic amines) is 1. The van der Waals surface area contributed by atoms with Gasteiger partial charge in [-0.25, -0.2) is 9.67 Å². The summed E-state index contributed by atoms with van der Waals surface area (Å²) in [6.45, 7) is 4.19. The fourth-order valence-electron chi connectivity index (χ4n) is 2.77. The fourth-order valence-corrected chi connectivity index (χ4v) is 2.77. The maximum atomic E-state index is 12.6. The third-order valence-corrected chi connectivity index (χ3v) is 3.95. The molecule has 8 heteroatoms. The first kappa shape index (κ1) is 16.4. The van der Waals surface area contributed by atoms with E-state index in [-0.39, 0.29) is 11.9 Å². The van der Waals surface area contributed by atoms with Crippen LogP contribution in [-0.2, 0) is 11.3 Å². The molecule has 0 aliphatic carbocycles. The topological polar surface area (TPSA) is 82.4 Å². The van der Waals surface area contributed by atoms with E-state index in [1.807, 2.05) is 22.7 Å². The zero-order valence-corrected chi connectivity index (χ0v) is 13.9. The molecule has 3 rings (SSSR count). The number of hydrogen-bond acceptors (Lipinski definition) is 6. The first-order valence-corrected chi connectivity index (χ1v) is 7.99. The van der Waals surface area contributed by atoms with E-state index in [0.29, 0.717) is 37.7 Å². The van der Waals surface area contributed by atoms with Crippen molar-refractivity contribution in [1.29, 1.82) is 0 Å². The van der Waals surface area contributed by atoms with Gasteiger partial charge >= 0.3 is 0 Å². The number of rotatable bonds is 6. The second-order valence-electron chi connectivity index (χ2n) is 5.63. The molecule has 0 spiro atoms. The van der Waals surface area contributed by atoms with Gasteiger partial charge < -0.3 is 14.4 Å². The number of amides is 1. The molecule has 1 amide bonds. The van der Waals surface area contributed by atoms with E-state index >= 15 is 0 Å². The number of nitrogens with zero attached hydrogens (tertiary/aromatic N) is 5. The Hall–Kier alpha value is -2.48. The molecule has 1 fully saturated rings. The summed E-state index contributed by atoms with van der Waals surface area (Å²) >= 11 is 0. The van der Waals surface area contributed by atoms with Gasteiger partial charge in [0.2, 0.25) is 5.88 Å². The smallest absolute Gasteiger partial charge is 0.255 e. The van der Waals surface area contributed by atoms with E-state index in [4.69, 9.17) is 9.47 Å². The zero-order valence-electron chi connectivity index (χ0n) is 13.9. The minimum atomic E-state index is -0.0229. The average molecular weight is 331 g/mol. The van der Waals surface area contributed by atoms with E-state index in [1.165, 1.54) is 0 Å². The molecule has 1 saturated heterocycles. The van der Waals surface area contributed by atoms with Crippen molar-refractivity contribution in [3.8, 4) is 5.88 Å². The summed E-state index contributed by atoms with van der Waals surface area (Å²) < 4.78 is 12.2. The molecule has 2 aromatic rings. The minimum Gasteiger partial charge on any atom is -0.478 e. The lowest BCUT2D eigenvalue weighted by atomic mass is 10.2. The molecule has 1 aliphatic heterocycles. The highest BCUT2D eigenvalue weighted by Gasteiger charge is 2.29. The van der Waals surface area contributed by atoms with Gasteiger partial charge in [0.25, 0.3) is 5.91 Å². The van der Waals surface area contributed by atoms with Crippen LogP contribution >= 0.6 is 0 Å². The Bertz CT molecular complexity index is 685. The average Bonchev–Trinajstić information content (AvgIpc) is 3.25. The third-order valence-electron chi connectivity index (χ3n) is 3.95. The third kappa shape index (κ3) is 3.53. The highest BCUT2D eigenvalue weighted by atomic mass is 16.5.